The summed E-state index contributed by atoms with van der Waals surface area (Å²) < 4.78 is 51.0. The van der Waals surface area contributed by atoms with Gasteiger partial charge in [0.1, 0.15) is 5.82 Å². The molecule has 0 aliphatic carbocycles. The zero-order chi connectivity index (χ0) is 15.5. The number of hydrogen-bond acceptors (Lipinski definition) is 2. The molecule has 0 fully saturated rings. The number of halogens is 4. The first-order chi connectivity index (χ1) is 9.16. The van der Waals surface area contributed by atoms with Gasteiger partial charge < -0.3 is 11.1 Å². The summed E-state index contributed by atoms with van der Waals surface area (Å²) in [6.07, 6.45) is -3.98. The van der Waals surface area contributed by atoms with Gasteiger partial charge in [-0.3, -0.25) is 4.79 Å². The van der Waals surface area contributed by atoms with Crippen molar-refractivity contribution in [3.05, 3.63) is 29.6 Å². The van der Waals surface area contributed by atoms with Crippen molar-refractivity contribution in [2.24, 2.45) is 11.7 Å². The average Bonchev–Trinajstić information content (AvgIpc) is 2.38. The molecule has 1 aromatic carbocycles. The molecular formula is C13H16F4N2O. The van der Waals surface area contributed by atoms with Gasteiger partial charge in [0, 0.05) is 0 Å². The molecule has 0 aliphatic heterocycles. The van der Waals surface area contributed by atoms with Crippen LogP contribution in [-0.2, 0) is 11.0 Å². The number of nitrogens with one attached hydrogen (secondary N) is 1. The fourth-order valence-electron chi connectivity index (χ4n) is 1.53. The van der Waals surface area contributed by atoms with E-state index in [4.69, 9.17) is 5.73 Å². The highest BCUT2D eigenvalue weighted by molar-refractivity contribution is 5.95. The van der Waals surface area contributed by atoms with Gasteiger partial charge in [0.15, 0.2) is 0 Å². The molecule has 3 N–H and O–H groups in total. The number of benzene rings is 1. The van der Waals surface area contributed by atoms with Crippen LogP contribution in [0, 0.1) is 11.7 Å². The van der Waals surface area contributed by atoms with Crippen molar-refractivity contribution < 1.29 is 22.4 Å². The molecule has 0 spiro atoms. The van der Waals surface area contributed by atoms with Gasteiger partial charge in [-0.15, -0.1) is 0 Å². The summed E-state index contributed by atoms with van der Waals surface area (Å²) in [6, 6.07) is 0.914. The maximum absolute atomic E-state index is 13.4. The van der Waals surface area contributed by atoms with E-state index in [0.29, 0.717) is 24.6 Å². The minimum absolute atomic E-state index is 0.163. The van der Waals surface area contributed by atoms with E-state index in [2.05, 4.69) is 5.32 Å². The minimum atomic E-state index is -4.61. The Morgan fingerprint density at radius 2 is 2.00 bits per heavy atom. The number of carbonyl (C=O) groups excluding carboxylic acids is 1. The third-order valence-electron chi connectivity index (χ3n) is 3.11. The summed E-state index contributed by atoms with van der Waals surface area (Å²) in [5.74, 6) is -1.82. The largest absolute Gasteiger partial charge is 0.416 e. The predicted molar refractivity (Wildman–Crippen MR) is 67.5 cm³/mol. The van der Waals surface area contributed by atoms with Gasteiger partial charge in [0.2, 0.25) is 5.91 Å². The van der Waals surface area contributed by atoms with Crippen molar-refractivity contribution >= 4 is 11.6 Å². The van der Waals surface area contributed by atoms with Crippen molar-refractivity contribution in [3.8, 4) is 0 Å². The third kappa shape index (κ3) is 3.93. The molecule has 7 heteroatoms. The molecule has 1 rings (SSSR count). The second kappa shape index (κ2) is 6.21. The van der Waals surface area contributed by atoms with E-state index >= 15 is 0 Å². The summed E-state index contributed by atoms with van der Waals surface area (Å²) in [4.78, 5) is 11.7. The zero-order valence-corrected chi connectivity index (χ0v) is 11.1. The molecule has 0 aliphatic rings. The number of nitrogens with two attached hydrogens (primary N) is 1. The molecule has 20 heavy (non-hydrogen) atoms. The van der Waals surface area contributed by atoms with Crippen molar-refractivity contribution in [2.45, 2.75) is 32.5 Å². The van der Waals surface area contributed by atoms with Crippen LogP contribution >= 0.6 is 0 Å². The Morgan fingerprint density at radius 1 is 1.40 bits per heavy atom. The van der Waals surface area contributed by atoms with Crippen LogP contribution in [0.2, 0.25) is 0 Å². The van der Waals surface area contributed by atoms with Gasteiger partial charge in [-0.05, 0) is 24.1 Å². The highest BCUT2D eigenvalue weighted by Gasteiger charge is 2.31. The number of hydrogen-bond donors (Lipinski definition) is 2. The average molecular weight is 292 g/mol. The van der Waals surface area contributed by atoms with Gasteiger partial charge in [-0.2, -0.15) is 13.2 Å². The summed E-state index contributed by atoms with van der Waals surface area (Å²) >= 11 is 0. The maximum atomic E-state index is 13.4. The lowest BCUT2D eigenvalue weighted by Crippen LogP contribution is -2.40. The molecule has 112 valence electrons. The summed E-state index contributed by atoms with van der Waals surface area (Å²) in [5, 5.41) is 2.10. The quantitative estimate of drug-likeness (QED) is 0.838. The number of amides is 1. The molecule has 0 radical (unpaired) electrons. The highest BCUT2D eigenvalue weighted by atomic mass is 19.4. The van der Waals surface area contributed by atoms with Crippen LogP contribution in [0.4, 0.5) is 23.2 Å². The summed E-state index contributed by atoms with van der Waals surface area (Å²) in [6.45, 7) is 3.55. The second-order valence-electron chi connectivity index (χ2n) is 4.59. The lowest BCUT2D eigenvalue weighted by Gasteiger charge is -2.18. The van der Waals surface area contributed by atoms with Crippen molar-refractivity contribution in [1.29, 1.82) is 0 Å². The van der Waals surface area contributed by atoms with Crippen molar-refractivity contribution in [2.75, 3.05) is 5.32 Å². The summed E-state index contributed by atoms with van der Waals surface area (Å²) in [5.41, 5.74) is 4.08. The van der Waals surface area contributed by atoms with Gasteiger partial charge >= 0.3 is 6.18 Å². The highest BCUT2D eigenvalue weighted by Crippen LogP contribution is 2.31. The molecule has 0 heterocycles. The van der Waals surface area contributed by atoms with E-state index in [0.717, 1.165) is 0 Å². The third-order valence-corrected chi connectivity index (χ3v) is 3.11. The molecule has 0 bridgehead atoms. The van der Waals surface area contributed by atoms with E-state index < -0.39 is 35.2 Å². The fraction of sp³-hybridized carbons (Fsp3) is 0.462. The Kier molecular flexibility index (Phi) is 5.10. The first-order valence-electron chi connectivity index (χ1n) is 6.10. The van der Waals surface area contributed by atoms with E-state index in [9.17, 15) is 22.4 Å². The lowest BCUT2D eigenvalue weighted by molar-refractivity contribution is -0.137. The molecule has 0 saturated carbocycles. The van der Waals surface area contributed by atoms with E-state index in [1.54, 1.807) is 6.92 Å². The Labute approximate surface area is 114 Å². The Balaban J connectivity index is 2.95. The van der Waals surface area contributed by atoms with Gasteiger partial charge in [-0.25, -0.2) is 4.39 Å². The molecule has 1 amide bonds. The normalized spacial score (nSPS) is 14.8. The Hall–Kier alpha value is -1.63. The molecule has 0 aromatic heterocycles. The molecule has 0 saturated heterocycles. The first-order valence-corrected chi connectivity index (χ1v) is 6.10. The van der Waals surface area contributed by atoms with Crippen molar-refractivity contribution in [1.82, 2.24) is 0 Å². The zero-order valence-electron chi connectivity index (χ0n) is 11.1. The Morgan fingerprint density at radius 3 is 2.50 bits per heavy atom. The molecule has 2 atom stereocenters. The SMILES string of the molecule is CC[C@H](C)[C@H](N)C(=O)Nc1cc(C(F)(F)F)ccc1F. The number of rotatable bonds is 4. The van der Waals surface area contributed by atoms with Gasteiger partial charge in [0.25, 0.3) is 0 Å². The minimum Gasteiger partial charge on any atom is -0.322 e. The first kappa shape index (κ1) is 16.4. The maximum Gasteiger partial charge on any atom is 0.416 e. The van der Waals surface area contributed by atoms with Crippen LogP contribution in [0.5, 0.6) is 0 Å². The smallest absolute Gasteiger partial charge is 0.322 e. The van der Waals surface area contributed by atoms with Crippen LogP contribution in [0.15, 0.2) is 18.2 Å². The van der Waals surface area contributed by atoms with Gasteiger partial charge in [-0.1, -0.05) is 20.3 Å². The molecular weight excluding hydrogens is 276 g/mol. The van der Waals surface area contributed by atoms with Crippen molar-refractivity contribution in [3.63, 3.8) is 0 Å². The standard InChI is InChI=1S/C13H16F4N2O/c1-3-7(2)11(18)12(20)19-10-6-8(13(15,16)17)4-5-9(10)14/h4-7,11H,3,18H2,1-2H3,(H,19,20)/t7-,11-/m0/s1. The Bertz CT molecular complexity index is 488. The van der Waals surface area contributed by atoms with E-state index in [1.165, 1.54) is 0 Å². The summed E-state index contributed by atoms with van der Waals surface area (Å²) in [7, 11) is 0. The number of carbonyl (C=O) groups is 1. The lowest BCUT2D eigenvalue weighted by atomic mass is 9.99. The topological polar surface area (TPSA) is 55.1 Å². The molecule has 1 aromatic rings. The fourth-order valence-corrected chi connectivity index (χ4v) is 1.53. The predicted octanol–water partition coefficient (Wildman–Crippen LogP) is 3.16. The van der Waals surface area contributed by atoms with E-state index in [1.807, 2.05) is 6.92 Å². The van der Waals surface area contributed by atoms with Gasteiger partial charge in [0.05, 0.1) is 17.3 Å². The van der Waals surface area contributed by atoms with E-state index in [-0.39, 0.29) is 5.92 Å². The van der Waals surface area contributed by atoms with Crippen LogP contribution in [-0.4, -0.2) is 11.9 Å². The number of alkyl halides is 3. The van der Waals surface area contributed by atoms with Crippen LogP contribution in [0.1, 0.15) is 25.8 Å². The second-order valence-corrected chi connectivity index (χ2v) is 4.59. The van der Waals surface area contributed by atoms with Crippen LogP contribution in [0.3, 0.4) is 0 Å². The van der Waals surface area contributed by atoms with Crippen LogP contribution < -0.4 is 11.1 Å². The van der Waals surface area contributed by atoms with Crippen LogP contribution in [0.25, 0.3) is 0 Å². The number of anilines is 1. The molecule has 0 unspecified atom stereocenters. The monoisotopic (exact) mass is 292 g/mol. The molecule has 3 nitrogen and oxygen atoms in total.